The zero-order valence-corrected chi connectivity index (χ0v) is 23.9. The second-order valence-corrected chi connectivity index (χ2v) is 10.7. The van der Waals surface area contributed by atoms with Gasteiger partial charge in [0, 0.05) is 32.9 Å². The molecule has 0 N–H and O–H groups in total. The maximum absolute atomic E-state index is 5.50. The summed E-state index contributed by atoms with van der Waals surface area (Å²) in [5, 5.41) is 5.19. The van der Waals surface area contributed by atoms with E-state index in [-0.39, 0.29) is 0 Å². The van der Waals surface area contributed by atoms with Crippen molar-refractivity contribution in [2.75, 3.05) is 14.2 Å². The quantitative estimate of drug-likeness (QED) is 0.180. The molecule has 4 nitrogen and oxygen atoms in total. The summed E-state index contributed by atoms with van der Waals surface area (Å²) in [4.78, 5) is 0. The number of unbranched alkanes of at least 4 members (excludes halogenated alkanes) is 2. The summed E-state index contributed by atoms with van der Waals surface area (Å²) in [6, 6.07) is 36.9. The number of fused-ring (bicyclic) bond motifs is 6. The predicted molar refractivity (Wildman–Crippen MR) is 171 cm³/mol. The van der Waals surface area contributed by atoms with Crippen LogP contribution in [0.1, 0.15) is 31.7 Å². The first-order valence-electron chi connectivity index (χ1n) is 14.5. The molecule has 5 aromatic carbocycles. The molecule has 0 aliphatic rings. The second kappa shape index (κ2) is 10.4. The van der Waals surface area contributed by atoms with Gasteiger partial charge in [-0.05, 0) is 85.1 Å². The normalized spacial score (nSPS) is 11.7. The fourth-order valence-corrected chi connectivity index (χ4v) is 6.48. The van der Waals surface area contributed by atoms with Crippen molar-refractivity contribution in [3.63, 3.8) is 0 Å². The minimum atomic E-state index is 0.861. The molecule has 2 heterocycles. The number of benzene rings is 5. The van der Waals surface area contributed by atoms with Gasteiger partial charge in [-0.1, -0.05) is 56.2 Å². The Kier molecular flexibility index (Phi) is 6.39. The Hall–Kier alpha value is -4.70. The van der Waals surface area contributed by atoms with E-state index in [0.717, 1.165) is 35.7 Å². The zero-order valence-electron chi connectivity index (χ0n) is 23.9. The van der Waals surface area contributed by atoms with E-state index in [4.69, 9.17) is 9.47 Å². The van der Waals surface area contributed by atoms with Crippen LogP contribution in [-0.4, -0.2) is 23.4 Å². The molecular formula is C37H34N2O2. The number of aromatic nitrogens is 2. The highest BCUT2D eigenvalue weighted by molar-refractivity contribution is 6.21. The summed E-state index contributed by atoms with van der Waals surface area (Å²) in [5.41, 5.74) is 8.68. The number of methoxy groups -OCH3 is 2. The van der Waals surface area contributed by atoms with Gasteiger partial charge in [0.05, 0.1) is 36.3 Å². The fraction of sp³-hybridized carbons (Fsp3) is 0.189. The van der Waals surface area contributed by atoms with Crippen molar-refractivity contribution < 1.29 is 9.47 Å². The molecule has 7 rings (SSSR count). The maximum atomic E-state index is 5.50. The summed E-state index contributed by atoms with van der Waals surface area (Å²) in [6.07, 6.45) is 4.56. The number of nitrogens with zero attached hydrogens (tertiary/aromatic N) is 2. The Morgan fingerprint density at radius 2 is 1.12 bits per heavy atom. The number of para-hydroxylation sites is 2. The fourth-order valence-electron chi connectivity index (χ4n) is 6.48. The molecule has 0 atom stereocenters. The first-order chi connectivity index (χ1) is 20.2. The third-order valence-corrected chi connectivity index (χ3v) is 8.39. The van der Waals surface area contributed by atoms with Gasteiger partial charge in [0.2, 0.25) is 0 Å². The molecule has 0 spiro atoms. The lowest BCUT2D eigenvalue weighted by molar-refractivity contribution is 0.414. The number of rotatable bonds is 8. The number of aryl methyl sites for hydroxylation is 1. The summed E-state index contributed by atoms with van der Waals surface area (Å²) < 4.78 is 15.9. The molecule has 0 aliphatic heterocycles. The molecule has 0 radical (unpaired) electrons. The van der Waals surface area contributed by atoms with Crippen LogP contribution in [0.5, 0.6) is 11.5 Å². The van der Waals surface area contributed by atoms with Crippen molar-refractivity contribution in [2.45, 2.75) is 32.6 Å². The average Bonchev–Trinajstić information content (AvgIpc) is 3.54. The molecule has 0 bridgehead atoms. The van der Waals surface area contributed by atoms with E-state index in [1.54, 1.807) is 14.2 Å². The number of hydrogen-bond acceptors (Lipinski definition) is 2. The summed E-state index contributed by atoms with van der Waals surface area (Å²) in [6.45, 7) is 2.28. The Labute approximate surface area is 240 Å². The molecular weight excluding hydrogens is 504 g/mol. The van der Waals surface area contributed by atoms with Crippen molar-refractivity contribution in [1.29, 1.82) is 0 Å². The van der Waals surface area contributed by atoms with E-state index in [9.17, 15) is 0 Å². The molecule has 4 heteroatoms. The third-order valence-electron chi connectivity index (χ3n) is 8.39. The SMILES string of the molecule is CCCCCc1c2c3ccccc3n(-c3ccc(OC)cc3)c2cc2c3ccccc3n(-c3ccc(OC)cc3)c12. The van der Waals surface area contributed by atoms with Crippen molar-refractivity contribution in [3.8, 4) is 22.9 Å². The molecule has 0 saturated carbocycles. The van der Waals surface area contributed by atoms with Gasteiger partial charge in [-0.15, -0.1) is 0 Å². The predicted octanol–water partition coefficient (Wildman–Crippen LogP) is 9.63. The van der Waals surface area contributed by atoms with E-state index in [0.29, 0.717) is 0 Å². The lowest BCUT2D eigenvalue weighted by Crippen LogP contribution is -1.99. The minimum absolute atomic E-state index is 0.861. The molecule has 41 heavy (non-hydrogen) atoms. The molecule has 0 fully saturated rings. The standard InChI is InChI=1S/C37H34N2O2/c1-4-5-6-13-31-36-30-12-8-10-15-34(30)38(25-16-20-27(40-2)21-17-25)35(36)24-32-29-11-7-9-14-33(29)39(37(31)32)26-18-22-28(41-3)23-19-26/h7-12,14-24H,4-6,13H2,1-3H3. The van der Waals surface area contributed by atoms with Gasteiger partial charge in [0.1, 0.15) is 11.5 Å². The molecule has 0 aliphatic carbocycles. The van der Waals surface area contributed by atoms with Crippen LogP contribution in [0.2, 0.25) is 0 Å². The minimum Gasteiger partial charge on any atom is -0.497 e. The van der Waals surface area contributed by atoms with E-state index in [1.807, 2.05) is 12.1 Å². The van der Waals surface area contributed by atoms with Crippen LogP contribution >= 0.6 is 0 Å². The van der Waals surface area contributed by atoms with Crippen molar-refractivity contribution in [3.05, 3.63) is 109 Å². The summed E-state index contributed by atoms with van der Waals surface area (Å²) >= 11 is 0. The average molecular weight is 539 g/mol. The summed E-state index contributed by atoms with van der Waals surface area (Å²) in [5.74, 6) is 1.72. The van der Waals surface area contributed by atoms with Crippen LogP contribution in [0.3, 0.4) is 0 Å². The van der Waals surface area contributed by atoms with Crippen molar-refractivity contribution in [1.82, 2.24) is 9.13 Å². The Morgan fingerprint density at radius 3 is 1.73 bits per heavy atom. The molecule has 0 saturated heterocycles. The zero-order chi connectivity index (χ0) is 27.9. The van der Waals surface area contributed by atoms with Crippen molar-refractivity contribution >= 4 is 43.6 Å². The van der Waals surface area contributed by atoms with Gasteiger partial charge in [0.15, 0.2) is 0 Å². The number of ether oxygens (including phenoxy) is 2. The first kappa shape index (κ1) is 25.3. The first-order valence-corrected chi connectivity index (χ1v) is 14.5. The van der Waals surface area contributed by atoms with Gasteiger partial charge in [-0.2, -0.15) is 0 Å². The molecule has 7 aromatic rings. The Bertz CT molecular complexity index is 2010. The lowest BCUT2D eigenvalue weighted by atomic mass is 9.97. The van der Waals surface area contributed by atoms with Crippen LogP contribution < -0.4 is 9.47 Å². The van der Waals surface area contributed by atoms with Crippen LogP contribution in [0.4, 0.5) is 0 Å². The van der Waals surface area contributed by atoms with Crippen LogP contribution in [-0.2, 0) is 6.42 Å². The van der Waals surface area contributed by atoms with Gasteiger partial charge in [-0.3, -0.25) is 0 Å². The van der Waals surface area contributed by atoms with Crippen molar-refractivity contribution in [2.24, 2.45) is 0 Å². The highest BCUT2D eigenvalue weighted by Crippen LogP contribution is 2.43. The van der Waals surface area contributed by atoms with Gasteiger partial charge >= 0.3 is 0 Å². The highest BCUT2D eigenvalue weighted by Gasteiger charge is 2.23. The van der Waals surface area contributed by atoms with Gasteiger partial charge in [-0.25, -0.2) is 0 Å². The van der Waals surface area contributed by atoms with Gasteiger partial charge in [0.25, 0.3) is 0 Å². The smallest absolute Gasteiger partial charge is 0.119 e. The van der Waals surface area contributed by atoms with Crippen LogP contribution in [0.25, 0.3) is 55.0 Å². The largest absolute Gasteiger partial charge is 0.497 e. The molecule has 0 amide bonds. The second-order valence-electron chi connectivity index (χ2n) is 10.7. The van der Waals surface area contributed by atoms with Gasteiger partial charge < -0.3 is 18.6 Å². The van der Waals surface area contributed by atoms with Crippen LogP contribution in [0, 0.1) is 0 Å². The third kappa shape index (κ3) is 4.05. The monoisotopic (exact) mass is 538 g/mol. The van der Waals surface area contributed by atoms with E-state index in [1.165, 1.54) is 62.0 Å². The van der Waals surface area contributed by atoms with E-state index in [2.05, 4.69) is 107 Å². The molecule has 2 aromatic heterocycles. The topological polar surface area (TPSA) is 28.3 Å². The Morgan fingerprint density at radius 1 is 0.561 bits per heavy atom. The van der Waals surface area contributed by atoms with E-state index >= 15 is 0 Å². The number of hydrogen-bond donors (Lipinski definition) is 0. The Balaban J connectivity index is 1.65. The highest BCUT2D eigenvalue weighted by atomic mass is 16.5. The molecule has 204 valence electrons. The lowest BCUT2D eigenvalue weighted by Gasteiger charge is -2.14. The summed E-state index contributed by atoms with van der Waals surface area (Å²) in [7, 11) is 3.43. The van der Waals surface area contributed by atoms with E-state index < -0.39 is 0 Å². The maximum Gasteiger partial charge on any atom is 0.119 e. The van der Waals surface area contributed by atoms with Crippen LogP contribution in [0.15, 0.2) is 103 Å². The molecule has 0 unspecified atom stereocenters.